The monoisotopic (exact) mass is 576 g/mol. The predicted molar refractivity (Wildman–Crippen MR) is 155 cm³/mol. The molecule has 1 heterocycles. The molecule has 3 rings (SSSR count). The molecule has 5 N–H and O–H groups in total. The van der Waals surface area contributed by atoms with Crippen molar-refractivity contribution in [2.24, 2.45) is 0 Å². The molecule has 3 amide bonds. The van der Waals surface area contributed by atoms with E-state index in [1.54, 1.807) is 43.5 Å². The van der Waals surface area contributed by atoms with E-state index in [-0.39, 0.29) is 34.5 Å². The van der Waals surface area contributed by atoms with Gasteiger partial charge in [-0.25, -0.2) is 0 Å². The third-order valence-corrected chi connectivity index (χ3v) is 8.21. The predicted octanol–water partition coefficient (Wildman–Crippen LogP) is 3.23. The minimum absolute atomic E-state index is 0.0793. The highest BCUT2D eigenvalue weighted by Crippen LogP contribution is 2.40. The molecule has 0 saturated carbocycles. The van der Waals surface area contributed by atoms with Crippen LogP contribution in [0.5, 0.6) is 5.75 Å². The Hall–Kier alpha value is -2.95. The molecule has 9 nitrogen and oxygen atoms in total. The number of amides is 3. The Labute approximate surface area is 238 Å². The molecule has 1 aliphatic heterocycles. The molecule has 2 aromatic rings. The van der Waals surface area contributed by atoms with Crippen molar-refractivity contribution in [3.05, 3.63) is 58.6 Å². The highest BCUT2D eigenvalue weighted by atomic mass is 35.5. The number of carbonyl (C=O) groups excluding carboxylic acids is 3. The van der Waals surface area contributed by atoms with Gasteiger partial charge in [0, 0.05) is 10.3 Å². The second kappa shape index (κ2) is 12.1. The van der Waals surface area contributed by atoms with Crippen LogP contribution in [0.15, 0.2) is 42.5 Å². The van der Waals surface area contributed by atoms with Gasteiger partial charge in [0.05, 0.1) is 35.3 Å². The first-order valence-corrected chi connectivity index (χ1v) is 13.9. The summed E-state index contributed by atoms with van der Waals surface area (Å²) >= 11 is 7.71. The van der Waals surface area contributed by atoms with Crippen LogP contribution in [0.25, 0.3) is 0 Å². The Morgan fingerprint density at radius 3 is 2.44 bits per heavy atom. The molecule has 1 fully saturated rings. The second-order valence-electron chi connectivity index (χ2n) is 11.1. The fourth-order valence-corrected chi connectivity index (χ4v) is 5.77. The molecular weight excluding hydrogens is 540 g/mol. The molecule has 3 atom stereocenters. The summed E-state index contributed by atoms with van der Waals surface area (Å²) in [7, 11) is 1.55. The van der Waals surface area contributed by atoms with E-state index >= 15 is 0 Å². The van der Waals surface area contributed by atoms with Crippen LogP contribution >= 0.6 is 23.4 Å². The number of rotatable bonds is 8. The molecule has 0 spiro atoms. The van der Waals surface area contributed by atoms with Crippen LogP contribution < -0.4 is 21.1 Å². The van der Waals surface area contributed by atoms with Gasteiger partial charge in [-0.1, -0.05) is 29.8 Å². The van der Waals surface area contributed by atoms with E-state index in [0.29, 0.717) is 5.75 Å². The molecular formula is C28H37ClN4O5S. The lowest BCUT2D eigenvalue weighted by atomic mass is 9.96. The molecule has 11 heteroatoms. The molecule has 1 saturated heterocycles. The summed E-state index contributed by atoms with van der Waals surface area (Å²) < 4.78 is 4.63. The zero-order chi connectivity index (χ0) is 29.1. The first kappa shape index (κ1) is 30.6. The number of aliphatic hydroxyl groups is 1. The van der Waals surface area contributed by atoms with E-state index in [4.69, 9.17) is 22.1 Å². The van der Waals surface area contributed by atoms with Gasteiger partial charge in [0.15, 0.2) is 6.10 Å². The van der Waals surface area contributed by atoms with Crippen LogP contribution in [0.4, 0.5) is 5.69 Å². The lowest BCUT2D eigenvalue weighted by molar-refractivity contribution is -0.147. The molecule has 39 heavy (non-hydrogen) atoms. The van der Waals surface area contributed by atoms with Gasteiger partial charge >= 0.3 is 0 Å². The van der Waals surface area contributed by atoms with Crippen molar-refractivity contribution in [1.29, 1.82) is 0 Å². The number of ether oxygens (including phenoxy) is 1. The quantitative estimate of drug-likeness (QED) is 0.354. The summed E-state index contributed by atoms with van der Waals surface area (Å²) in [6.45, 7) is 9.37. The number of anilines is 1. The van der Waals surface area contributed by atoms with Crippen molar-refractivity contribution >= 4 is 46.8 Å². The third kappa shape index (κ3) is 7.38. The van der Waals surface area contributed by atoms with E-state index in [9.17, 15) is 19.5 Å². The lowest BCUT2D eigenvalue weighted by Crippen LogP contribution is -2.60. The molecule has 0 aromatic heterocycles. The standard InChI is InChI=1S/C28H37ClN4O5S/c1-27(2,3)32-25(36)23-28(4,5)39-15-33(23)26(37)22(34)20(14-16-10-12-17(38-6)13-11-16)31-24(35)18-8-7-9-19(30)21(18)29/h7-13,20,22-23,34H,14-15,30H2,1-6H3,(H,31,35)(H,32,36)/t20-,22-,23+/m0/s1. The largest absolute Gasteiger partial charge is 0.497 e. The van der Waals surface area contributed by atoms with Crippen LogP contribution in [0, 0.1) is 0 Å². The number of benzene rings is 2. The number of nitrogen functional groups attached to an aromatic ring is 1. The first-order chi connectivity index (χ1) is 18.1. The maximum absolute atomic E-state index is 13.7. The fraction of sp³-hybridized carbons (Fsp3) is 0.464. The molecule has 1 aliphatic rings. The van der Waals surface area contributed by atoms with Crippen LogP contribution in [0.2, 0.25) is 5.02 Å². The number of carbonyl (C=O) groups is 3. The minimum Gasteiger partial charge on any atom is -0.497 e. The number of nitrogens with one attached hydrogen (secondary N) is 2. The highest BCUT2D eigenvalue weighted by Gasteiger charge is 2.50. The number of nitrogens with zero attached hydrogens (tertiary/aromatic N) is 1. The van der Waals surface area contributed by atoms with Gasteiger partial charge < -0.3 is 31.1 Å². The van der Waals surface area contributed by atoms with E-state index in [1.165, 1.54) is 22.7 Å². The van der Waals surface area contributed by atoms with Crippen LogP contribution in [0.1, 0.15) is 50.5 Å². The summed E-state index contributed by atoms with van der Waals surface area (Å²) in [4.78, 5) is 41.6. The van der Waals surface area contributed by atoms with Gasteiger partial charge in [-0.05, 0) is 70.9 Å². The molecule has 2 aromatic carbocycles. The zero-order valence-corrected chi connectivity index (χ0v) is 24.7. The fourth-order valence-electron chi connectivity index (χ4n) is 4.42. The Morgan fingerprint density at radius 1 is 1.21 bits per heavy atom. The first-order valence-electron chi connectivity index (χ1n) is 12.6. The van der Waals surface area contributed by atoms with E-state index < -0.39 is 40.3 Å². The van der Waals surface area contributed by atoms with Gasteiger partial charge in [-0.2, -0.15) is 0 Å². The molecule has 0 radical (unpaired) electrons. The van der Waals surface area contributed by atoms with Crippen molar-refractivity contribution < 1.29 is 24.2 Å². The van der Waals surface area contributed by atoms with Crippen LogP contribution in [-0.2, 0) is 16.0 Å². The maximum atomic E-state index is 13.7. The van der Waals surface area contributed by atoms with Crippen LogP contribution in [0.3, 0.4) is 0 Å². The molecule has 0 unspecified atom stereocenters. The van der Waals surface area contributed by atoms with Crippen molar-refractivity contribution in [1.82, 2.24) is 15.5 Å². The molecule has 0 bridgehead atoms. The summed E-state index contributed by atoms with van der Waals surface area (Å²) in [5.74, 6) is -0.683. The van der Waals surface area contributed by atoms with Crippen LogP contribution in [-0.4, -0.2) is 69.2 Å². The van der Waals surface area contributed by atoms with Crippen molar-refractivity contribution in [2.75, 3.05) is 18.7 Å². The van der Waals surface area contributed by atoms with E-state index in [1.807, 2.05) is 34.6 Å². The topological polar surface area (TPSA) is 134 Å². The summed E-state index contributed by atoms with van der Waals surface area (Å²) in [5, 5.41) is 17.2. The molecule has 0 aliphatic carbocycles. The average Bonchev–Trinajstić information content (AvgIpc) is 3.18. The van der Waals surface area contributed by atoms with Gasteiger partial charge in [0.25, 0.3) is 11.8 Å². The van der Waals surface area contributed by atoms with Crippen molar-refractivity contribution in [2.45, 2.75) is 69.5 Å². The van der Waals surface area contributed by atoms with E-state index in [0.717, 1.165) is 5.56 Å². The summed E-state index contributed by atoms with van der Waals surface area (Å²) in [6.07, 6.45) is -1.51. The summed E-state index contributed by atoms with van der Waals surface area (Å²) in [5.41, 5.74) is 6.47. The average molecular weight is 577 g/mol. The van der Waals surface area contributed by atoms with E-state index in [2.05, 4.69) is 10.6 Å². The highest BCUT2D eigenvalue weighted by molar-refractivity contribution is 8.00. The Morgan fingerprint density at radius 2 is 1.85 bits per heavy atom. The van der Waals surface area contributed by atoms with Crippen molar-refractivity contribution in [3.63, 3.8) is 0 Å². The number of aliphatic hydroxyl groups excluding tert-OH is 1. The third-order valence-electron chi connectivity index (χ3n) is 6.41. The molecule has 212 valence electrons. The lowest BCUT2D eigenvalue weighted by Gasteiger charge is -2.35. The number of halogens is 1. The maximum Gasteiger partial charge on any atom is 0.254 e. The minimum atomic E-state index is -1.64. The normalized spacial score (nSPS) is 18.3. The number of hydrogen-bond acceptors (Lipinski definition) is 7. The number of methoxy groups -OCH3 is 1. The van der Waals surface area contributed by atoms with Crippen molar-refractivity contribution in [3.8, 4) is 5.75 Å². The van der Waals surface area contributed by atoms with Gasteiger partial charge in [-0.3, -0.25) is 14.4 Å². The SMILES string of the molecule is COc1ccc(C[C@H](NC(=O)c2cccc(N)c2Cl)[C@H](O)C(=O)N2CSC(C)(C)[C@H]2C(=O)NC(C)(C)C)cc1. The smallest absolute Gasteiger partial charge is 0.254 e. The number of nitrogens with two attached hydrogens (primary N) is 1. The van der Waals surface area contributed by atoms with Gasteiger partial charge in [-0.15, -0.1) is 11.8 Å². The Bertz CT molecular complexity index is 1220. The number of hydrogen-bond donors (Lipinski definition) is 4. The second-order valence-corrected chi connectivity index (χ2v) is 13.1. The van der Waals surface area contributed by atoms with Gasteiger partial charge in [0.2, 0.25) is 5.91 Å². The number of thioether (sulfide) groups is 1. The summed E-state index contributed by atoms with van der Waals surface area (Å²) in [6, 6.07) is 9.92. The van der Waals surface area contributed by atoms with Gasteiger partial charge in [0.1, 0.15) is 11.8 Å². The Kier molecular flexibility index (Phi) is 9.46. The Balaban J connectivity index is 1.91. The zero-order valence-electron chi connectivity index (χ0n) is 23.1.